The largest absolute Gasteiger partial charge is 0.364 e. The molecule has 0 aliphatic carbocycles. The van der Waals surface area contributed by atoms with Crippen molar-refractivity contribution in [2.24, 2.45) is 0 Å². The molecule has 0 unspecified atom stereocenters. The van der Waals surface area contributed by atoms with Gasteiger partial charge in [0.1, 0.15) is 6.61 Å². The molecular weight excluding hydrogens is 313 g/mol. The van der Waals surface area contributed by atoms with Crippen LogP contribution in [0.15, 0.2) is 36.9 Å². The summed E-state index contributed by atoms with van der Waals surface area (Å²) in [6.07, 6.45) is 5.62. The number of rotatable bonds is 3. The number of fused-ring (bicyclic) bond motifs is 1. The average Bonchev–Trinajstić information content (AvgIpc) is 3.03. The zero-order valence-electron chi connectivity index (χ0n) is 12.9. The second kappa shape index (κ2) is 6.12. The van der Waals surface area contributed by atoms with Crippen LogP contribution in [0.25, 0.3) is 0 Å². The summed E-state index contributed by atoms with van der Waals surface area (Å²) in [7, 11) is 0. The highest BCUT2D eigenvalue weighted by molar-refractivity contribution is 5.79. The van der Waals surface area contributed by atoms with Crippen LogP contribution in [0.5, 0.6) is 0 Å². The summed E-state index contributed by atoms with van der Waals surface area (Å²) in [5.74, 6) is -0.0539. The van der Waals surface area contributed by atoms with Crippen LogP contribution in [0.4, 0.5) is 10.3 Å². The van der Waals surface area contributed by atoms with E-state index in [0.717, 1.165) is 18.0 Å². The standard InChI is InChI=1S/C16H16FN5O2/c17-12-5-19-16(20-6-12)21-8-13-14(9-21)24-10-15(23)22(13)7-11-1-3-18-4-2-11/h1-6,13-14H,7-10H2/t13-,14-/m1/s1. The second-order valence-electron chi connectivity index (χ2n) is 5.90. The number of nitrogens with zero attached hydrogens (tertiary/aromatic N) is 5. The number of carbonyl (C=O) groups is 1. The first-order valence-corrected chi connectivity index (χ1v) is 7.73. The maximum atomic E-state index is 13.0. The molecule has 0 saturated carbocycles. The molecule has 7 nitrogen and oxygen atoms in total. The SMILES string of the molecule is O=C1CO[C@@H]2CN(c3ncc(F)cn3)C[C@H]2N1Cc1ccncc1. The predicted molar refractivity (Wildman–Crippen MR) is 82.5 cm³/mol. The van der Waals surface area contributed by atoms with Gasteiger partial charge < -0.3 is 14.5 Å². The van der Waals surface area contributed by atoms with Crippen LogP contribution in [0, 0.1) is 5.82 Å². The van der Waals surface area contributed by atoms with Gasteiger partial charge in [0.2, 0.25) is 11.9 Å². The summed E-state index contributed by atoms with van der Waals surface area (Å²) in [5, 5.41) is 0. The van der Waals surface area contributed by atoms with Crippen LogP contribution in [0.2, 0.25) is 0 Å². The number of aromatic nitrogens is 3. The fraction of sp³-hybridized carbons (Fsp3) is 0.375. The first-order chi connectivity index (χ1) is 11.7. The predicted octanol–water partition coefficient (Wildman–Crippen LogP) is 0.627. The molecule has 0 aromatic carbocycles. The molecule has 2 aliphatic rings. The van der Waals surface area contributed by atoms with Gasteiger partial charge in [-0.2, -0.15) is 0 Å². The first-order valence-electron chi connectivity index (χ1n) is 7.73. The highest BCUT2D eigenvalue weighted by Crippen LogP contribution is 2.27. The third kappa shape index (κ3) is 2.80. The molecular formula is C16H16FN5O2. The van der Waals surface area contributed by atoms with Gasteiger partial charge in [0, 0.05) is 32.0 Å². The van der Waals surface area contributed by atoms with Crippen LogP contribution >= 0.6 is 0 Å². The number of anilines is 1. The minimum atomic E-state index is -0.471. The molecule has 2 fully saturated rings. The molecule has 8 heteroatoms. The Morgan fingerprint density at radius 2 is 1.96 bits per heavy atom. The zero-order valence-corrected chi connectivity index (χ0v) is 12.9. The third-order valence-electron chi connectivity index (χ3n) is 4.37. The normalized spacial score (nSPS) is 23.5. The lowest BCUT2D eigenvalue weighted by molar-refractivity contribution is -0.153. The number of ether oxygens (including phenoxy) is 1. The number of hydrogen-bond donors (Lipinski definition) is 0. The van der Waals surface area contributed by atoms with E-state index in [0.29, 0.717) is 25.6 Å². The van der Waals surface area contributed by atoms with Gasteiger partial charge in [0.25, 0.3) is 0 Å². The Hall–Kier alpha value is -2.61. The van der Waals surface area contributed by atoms with Crippen LogP contribution in [0.1, 0.15) is 5.56 Å². The van der Waals surface area contributed by atoms with E-state index >= 15 is 0 Å². The van der Waals surface area contributed by atoms with E-state index in [1.54, 1.807) is 12.4 Å². The fourth-order valence-corrected chi connectivity index (χ4v) is 3.19. The van der Waals surface area contributed by atoms with Crippen molar-refractivity contribution in [3.05, 3.63) is 48.3 Å². The Morgan fingerprint density at radius 1 is 1.21 bits per heavy atom. The van der Waals surface area contributed by atoms with Gasteiger partial charge in [-0.1, -0.05) is 0 Å². The minimum absolute atomic E-state index is 0.0325. The second-order valence-corrected chi connectivity index (χ2v) is 5.90. The first kappa shape index (κ1) is 14.9. The van der Waals surface area contributed by atoms with Crippen molar-refractivity contribution < 1.29 is 13.9 Å². The molecule has 0 N–H and O–H groups in total. The smallest absolute Gasteiger partial charge is 0.249 e. The Bertz CT molecular complexity index is 727. The van der Waals surface area contributed by atoms with E-state index in [1.165, 1.54) is 0 Å². The van der Waals surface area contributed by atoms with Crippen molar-refractivity contribution in [2.75, 3.05) is 24.6 Å². The number of morpholine rings is 1. The molecule has 2 aliphatic heterocycles. The molecule has 2 atom stereocenters. The molecule has 1 amide bonds. The molecule has 124 valence electrons. The molecule has 4 rings (SSSR count). The van der Waals surface area contributed by atoms with Gasteiger partial charge in [-0.05, 0) is 17.7 Å². The summed E-state index contributed by atoms with van der Waals surface area (Å²) in [4.78, 5) is 28.1. The summed E-state index contributed by atoms with van der Waals surface area (Å²) >= 11 is 0. The van der Waals surface area contributed by atoms with E-state index < -0.39 is 5.82 Å². The van der Waals surface area contributed by atoms with Gasteiger partial charge in [-0.3, -0.25) is 9.78 Å². The number of amides is 1. The number of halogens is 1. The topological polar surface area (TPSA) is 71.5 Å². The maximum absolute atomic E-state index is 13.0. The summed E-state index contributed by atoms with van der Waals surface area (Å²) < 4.78 is 18.7. The molecule has 2 saturated heterocycles. The van der Waals surface area contributed by atoms with Gasteiger partial charge in [-0.25, -0.2) is 14.4 Å². The lowest BCUT2D eigenvalue weighted by Gasteiger charge is -2.36. The highest BCUT2D eigenvalue weighted by Gasteiger charge is 2.43. The number of carbonyl (C=O) groups excluding carboxylic acids is 1. The number of pyridine rings is 1. The van der Waals surface area contributed by atoms with E-state index in [4.69, 9.17) is 4.74 Å². The quantitative estimate of drug-likeness (QED) is 0.822. The van der Waals surface area contributed by atoms with Crippen molar-refractivity contribution in [3.63, 3.8) is 0 Å². The average molecular weight is 329 g/mol. The van der Waals surface area contributed by atoms with Crippen molar-refractivity contribution in [1.29, 1.82) is 0 Å². The van der Waals surface area contributed by atoms with Crippen LogP contribution in [-0.2, 0) is 16.1 Å². The van der Waals surface area contributed by atoms with Gasteiger partial charge in [0.15, 0.2) is 5.82 Å². The van der Waals surface area contributed by atoms with Crippen molar-refractivity contribution >= 4 is 11.9 Å². The fourth-order valence-electron chi connectivity index (χ4n) is 3.19. The van der Waals surface area contributed by atoms with Crippen LogP contribution in [-0.4, -0.2) is 57.6 Å². The van der Waals surface area contributed by atoms with Crippen molar-refractivity contribution in [3.8, 4) is 0 Å². The van der Waals surface area contributed by atoms with E-state index in [1.807, 2.05) is 21.9 Å². The van der Waals surface area contributed by atoms with Crippen molar-refractivity contribution in [2.45, 2.75) is 18.7 Å². The maximum Gasteiger partial charge on any atom is 0.249 e. The summed E-state index contributed by atoms with van der Waals surface area (Å²) in [6.45, 7) is 1.73. The number of hydrogen-bond acceptors (Lipinski definition) is 6. The summed E-state index contributed by atoms with van der Waals surface area (Å²) in [6, 6.07) is 3.72. The van der Waals surface area contributed by atoms with Crippen LogP contribution in [0.3, 0.4) is 0 Å². The Kier molecular flexibility index (Phi) is 3.81. The van der Waals surface area contributed by atoms with Crippen molar-refractivity contribution in [1.82, 2.24) is 19.9 Å². The lowest BCUT2D eigenvalue weighted by Crippen LogP contribution is -2.53. The summed E-state index contributed by atoms with van der Waals surface area (Å²) in [5.41, 5.74) is 1.02. The van der Waals surface area contributed by atoms with Gasteiger partial charge >= 0.3 is 0 Å². The molecule has 0 spiro atoms. The lowest BCUT2D eigenvalue weighted by atomic mass is 10.1. The molecule has 2 aromatic rings. The molecule has 4 heterocycles. The third-order valence-corrected chi connectivity index (χ3v) is 4.37. The minimum Gasteiger partial charge on any atom is -0.364 e. The highest BCUT2D eigenvalue weighted by atomic mass is 19.1. The monoisotopic (exact) mass is 329 g/mol. The van der Waals surface area contributed by atoms with E-state index in [9.17, 15) is 9.18 Å². The van der Waals surface area contributed by atoms with E-state index in [2.05, 4.69) is 15.0 Å². The van der Waals surface area contributed by atoms with E-state index in [-0.39, 0.29) is 24.7 Å². The van der Waals surface area contributed by atoms with Gasteiger partial charge in [0.05, 0.1) is 24.5 Å². The Balaban J connectivity index is 1.53. The Morgan fingerprint density at radius 3 is 2.71 bits per heavy atom. The van der Waals surface area contributed by atoms with Crippen LogP contribution < -0.4 is 4.90 Å². The van der Waals surface area contributed by atoms with Gasteiger partial charge in [-0.15, -0.1) is 0 Å². The Labute approximate surface area is 138 Å². The molecule has 0 bridgehead atoms. The zero-order chi connectivity index (χ0) is 16.5. The molecule has 2 aromatic heterocycles. The molecule has 0 radical (unpaired) electrons. The molecule has 24 heavy (non-hydrogen) atoms.